The first-order valence-electron chi connectivity index (χ1n) is 9.72. The first-order valence-corrected chi connectivity index (χ1v) is 11.6. The number of rotatable bonds is 7. The van der Waals surface area contributed by atoms with Crippen LogP contribution in [-0.4, -0.2) is 54.6 Å². The maximum absolute atomic E-state index is 4.89. The van der Waals surface area contributed by atoms with Crippen LogP contribution in [0, 0.1) is 5.92 Å². The lowest BCUT2D eigenvalue weighted by molar-refractivity contribution is 0.172. The van der Waals surface area contributed by atoms with Gasteiger partial charge < -0.3 is 10.6 Å². The average molecular weight is 509 g/mol. The second-order valence-corrected chi connectivity index (χ2v) is 9.50. The zero-order valence-electron chi connectivity index (χ0n) is 15.8. The Labute approximate surface area is 184 Å². The van der Waals surface area contributed by atoms with Crippen molar-refractivity contribution in [1.29, 1.82) is 0 Å². The lowest BCUT2D eigenvalue weighted by Gasteiger charge is -2.31. The van der Waals surface area contributed by atoms with Crippen LogP contribution in [0.1, 0.15) is 37.5 Å². The monoisotopic (exact) mass is 508 g/mol. The van der Waals surface area contributed by atoms with Crippen molar-refractivity contribution in [3.63, 3.8) is 0 Å². The number of piperidine rings is 1. The normalized spacial score (nSPS) is 24.3. The van der Waals surface area contributed by atoms with Gasteiger partial charge in [0.15, 0.2) is 5.96 Å². The fourth-order valence-corrected chi connectivity index (χ4v) is 5.59. The zero-order chi connectivity index (χ0) is 17.3. The fraction of sp³-hybridized carbons (Fsp3) is 0.737. The highest BCUT2D eigenvalue weighted by atomic mass is 127. The minimum Gasteiger partial charge on any atom is -0.357 e. The van der Waals surface area contributed by atoms with Gasteiger partial charge >= 0.3 is 0 Å². The highest BCUT2D eigenvalue weighted by Crippen LogP contribution is 2.25. The van der Waals surface area contributed by atoms with Gasteiger partial charge in [0.2, 0.25) is 0 Å². The SMILES string of the molecule is CCNC(=NCC1CCCN(Cc2cccs2)C1)NCC1CCCS1.I. The number of hydrogen-bond acceptors (Lipinski definition) is 4. The Bertz CT molecular complexity index is 518. The van der Waals surface area contributed by atoms with Crippen LogP contribution in [-0.2, 0) is 6.54 Å². The van der Waals surface area contributed by atoms with Gasteiger partial charge in [0.1, 0.15) is 0 Å². The Morgan fingerprint density at radius 3 is 2.96 bits per heavy atom. The molecule has 148 valence electrons. The molecule has 4 nitrogen and oxygen atoms in total. The molecule has 7 heteroatoms. The van der Waals surface area contributed by atoms with Crippen molar-refractivity contribution < 1.29 is 0 Å². The van der Waals surface area contributed by atoms with Gasteiger partial charge in [-0.05, 0) is 62.3 Å². The topological polar surface area (TPSA) is 39.7 Å². The number of aliphatic imine (C=N–C) groups is 1. The van der Waals surface area contributed by atoms with E-state index in [1.165, 1.54) is 49.4 Å². The Kier molecular flexibility index (Phi) is 10.7. The summed E-state index contributed by atoms with van der Waals surface area (Å²) in [7, 11) is 0. The summed E-state index contributed by atoms with van der Waals surface area (Å²) in [4.78, 5) is 8.97. The summed E-state index contributed by atoms with van der Waals surface area (Å²) in [5.74, 6) is 3.01. The van der Waals surface area contributed by atoms with Crippen LogP contribution >= 0.6 is 47.1 Å². The summed E-state index contributed by atoms with van der Waals surface area (Å²) in [6.07, 6.45) is 5.32. The number of thioether (sulfide) groups is 1. The quantitative estimate of drug-likeness (QED) is 0.332. The molecule has 2 saturated heterocycles. The number of nitrogens with one attached hydrogen (secondary N) is 2. The van der Waals surface area contributed by atoms with Crippen molar-refractivity contribution in [2.24, 2.45) is 10.9 Å². The van der Waals surface area contributed by atoms with E-state index in [1.54, 1.807) is 0 Å². The first-order chi connectivity index (χ1) is 12.3. The van der Waals surface area contributed by atoms with E-state index in [1.807, 2.05) is 11.3 Å². The highest BCUT2D eigenvalue weighted by Gasteiger charge is 2.20. The van der Waals surface area contributed by atoms with Gasteiger partial charge in [0.25, 0.3) is 0 Å². The van der Waals surface area contributed by atoms with Crippen LogP contribution in [0.3, 0.4) is 0 Å². The van der Waals surface area contributed by atoms with Gasteiger partial charge in [-0.15, -0.1) is 35.3 Å². The molecule has 0 aliphatic carbocycles. The van der Waals surface area contributed by atoms with Crippen molar-refractivity contribution in [1.82, 2.24) is 15.5 Å². The molecule has 0 amide bonds. The first kappa shape index (κ1) is 22.3. The van der Waals surface area contributed by atoms with E-state index >= 15 is 0 Å². The van der Waals surface area contributed by atoms with Gasteiger partial charge in [-0.1, -0.05) is 6.07 Å². The lowest BCUT2D eigenvalue weighted by Crippen LogP contribution is -2.41. The van der Waals surface area contributed by atoms with Gasteiger partial charge in [-0.25, -0.2) is 0 Å². The van der Waals surface area contributed by atoms with E-state index in [4.69, 9.17) is 4.99 Å². The van der Waals surface area contributed by atoms with Crippen LogP contribution in [0.2, 0.25) is 0 Å². The van der Waals surface area contributed by atoms with Crippen molar-refractivity contribution in [2.75, 3.05) is 38.5 Å². The summed E-state index contributed by atoms with van der Waals surface area (Å²) in [6, 6.07) is 4.41. The molecule has 3 rings (SSSR count). The molecule has 1 aromatic rings. The van der Waals surface area contributed by atoms with Gasteiger partial charge in [-0.2, -0.15) is 11.8 Å². The molecular formula is C19H33IN4S2. The van der Waals surface area contributed by atoms with Gasteiger partial charge in [0, 0.05) is 42.9 Å². The van der Waals surface area contributed by atoms with Crippen LogP contribution < -0.4 is 10.6 Å². The minimum atomic E-state index is 0. The molecule has 2 fully saturated rings. The molecule has 1 aromatic heterocycles. The van der Waals surface area contributed by atoms with E-state index in [0.717, 1.165) is 37.4 Å². The smallest absolute Gasteiger partial charge is 0.191 e. The summed E-state index contributed by atoms with van der Waals surface area (Å²) in [5, 5.41) is 9.91. The second-order valence-electron chi connectivity index (χ2n) is 7.06. The minimum absolute atomic E-state index is 0. The third-order valence-electron chi connectivity index (χ3n) is 4.94. The predicted octanol–water partition coefficient (Wildman–Crippen LogP) is 4.03. The Balaban J connectivity index is 0.00000243. The number of hydrogen-bond donors (Lipinski definition) is 2. The molecule has 0 aromatic carbocycles. The van der Waals surface area contributed by atoms with E-state index in [9.17, 15) is 0 Å². The maximum Gasteiger partial charge on any atom is 0.191 e. The third kappa shape index (κ3) is 7.56. The molecule has 0 radical (unpaired) electrons. The van der Waals surface area contributed by atoms with Crippen molar-refractivity contribution in [2.45, 2.75) is 44.4 Å². The Morgan fingerprint density at radius 2 is 2.23 bits per heavy atom. The number of thiophene rings is 1. The number of guanidine groups is 1. The number of halogens is 1. The predicted molar refractivity (Wildman–Crippen MR) is 127 cm³/mol. The lowest BCUT2D eigenvalue weighted by atomic mass is 9.98. The average Bonchev–Trinajstić information content (AvgIpc) is 3.31. The third-order valence-corrected chi connectivity index (χ3v) is 7.19. The fourth-order valence-electron chi connectivity index (χ4n) is 3.64. The van der Waals surface area contributed by atoms with E-state index < -0.39 is 0 Å². The number of likely N-dealkylation sites (tertiary alicyclic amines) is 1. The molecule has 3 heterocycles. The van der Waals surface area contributed by atoms with Crippen LogP contribution in [0.15, 0.2) is 22.5 Å². The number of nitrogens with zero attached hydrogens (tertiary/aromatic N) is 2. The molecule has 2 aliphatic heterocycles. The van der Waals surface area contributed by atoms with Crippen molar-refractivity contribution in [3.8, 4) is 0 Å². The molecular weight excluding hydrogens is 475 g/mol. The standard InChI is InChI=1S/C19H32N4S2.HI/c1-2-20-19(22-13-17-7-4-10-24-17)21-12-16-6-3-9-23(14-16)15-18-8-5-11-25-18;/h5,8,11,16-17H,2-4,6-7,9-10,12-15H2,1H3,(H2,20,21,22);1H. The molecule has 0 saturated carbocycles. The van der Waals surface area contributed by atoms with E-state index in [2.05, 4.69) is 51.7 Å². The largest absolute Gasteiger partial charge is 0.357 e. The van der Waals surface area contributed by atoms with Crippen molar-refractivity contribution >= 4 is 53.0 Å². The molecule has 2 N–H and O–H groups in total. The Hall–Kier alpha value is 0.01000. The summed E-state index contributed by atoms with van der Waals surface area (Å²) in [6.45, 7) is 8.58. The van der Waals surface area contributed by atoms with Crippen LogP contribution in [0.4, 0.5) is 0 Å². The molecule has 0 bridgehead atoms. The van der Waals surface area contributed by atoms with E-state index in [0.29, 0.717) is 5.92 Å². The van der Waals surface area contributed by atoms with Gasteiger partial charge in [-0.3, -0.25) is 9.89 Å². The summed E-state index contributed by atoms with van der Waals surface area (Å²) >= 11 is 3.97. The van der Waals surface area contributed by atoms with E-state index in [-0.39, 0.29) is 24.0 Å². The second kappa shape index (κ2) is 12.5. The maximum atomic E-state index is 4.89. The molecule has 2 unspecified atom stereocenters. The van der Waals surface area contributed by atoms with Crippen molar-refractivity contribution in [3.05, 3.63) is 22.4 Å². The van der Waals surface area contributed by atoms with Crippen LogP contribution in [0.25, 0.3) is 0 Å². The molecule has 2 aliphatic rings. The molecule has 0 spiro atoms. The summed E-state index contributed by atoms with van der Waals surface area (Å²) in [5.41, 5.74) is 0. The molecule has 2 atom stereocenters. The van der Waals surface area contributed by atoms with Gasteiger partial charge in [0.05, 0.1) is 0 Å². The molecule has 26 heavy (non-hydrogen) atoms. The Morgan fingerprint density at radius 1 is 1.31 bits per heavy atom. The highest BCUT2D eigenvalue weighted by molar-refractivity contribution is 14.0. The summed E-state index contributed by atoms with van der Waals surface area (Å²) < 4.78 is 0. The van der Waals surface area contributed by atoms with Crippen LogP contribution in [0.5, 0.6) is 0 Å². The zero-order valence-corrected chi connectivity index (χ0v) is 19.7.